The van der Waals surface area contributed by atoms with Crippen LogP contribution < -0.4 is 38.0 Å². The normalized spacial score (nSPS) is 15.8. The summed E-state index contributed by atoms with van der Waals surface area (Å²) in [4.78, 5) is 60.4. The number of carboxylic acid groups (broad SMARTS) is 3. The second kappa shape index (κ2) is 24.0. The first-order chi connectivity index (χ1) is 21.6. The van der Waals surface area contributed by atoms with Crippen LogP contribution >= 0.6 is 19.2 Å². The van der Waals surface area contributed by atoms with Crippen molar-refractivity contribution in [1.29, 1.82) is 0 Å². The van der Waals surface area contributed by atoms with Gasteiger partial charge < -0.3 is 37.8 Å². The number of aliphatic imine (C=N–C) groups is 3. The number of nitrogens with zero attached hydrogens (tertiary/aromatic N) is 3. The van der Waals surface area contributed by atoms with Crippen LogP contribution in [-0.2, 0) is 23.7 Å². The molecule has 46 heavy (non-hydrogen) atoms. The summed E-state index contributed by atoms with van der Waals surface area (Å²) >= 11 is 1.26. The second-order valence-corrected chi connectivity index (χ2v) is 13.9. The Morgan fingerprint density at radius 2 is 1.15 bits per heavy atom. The molecule has 0 heterocycles. The van der Waals surface area contributed by atoms with Crippen molar-refractivity contribution >= 4 is 60.5 Å². The van der Waals surface area contributed by atoms with E-state index in [9.17, 15) is 39.1 Å². The molecule has 0 spiro atoms. The van der Waals surface area contributed by atoms with Crippen molar-refractivity contribution < 1.29 is 39.1 Å². The summed E-state index contributed by atoms with van der Waals surface area (Å²) in [6.45, 7) is 5.57. The number of rotatable bonds is 27. The number of carbonyl (C=O) groups excluding carboxylic acids is 1. The van der Waals surface area contributed by atoms with Gasteiger partial charge in [0.15, 0.2) is 0 Å². The van der Waals surface area contributed by atoms with Crippen LogP contribution in [0.2, 0.25) is 0 Å². The van der Waals surface area contributed by atoms with Gasteiger partial charge in [0.05, 0.1) is 30.3 Å². The molecule has 0 aromatic carbocycles. The van der Waals surface area contributed by atoms with E-state index in [1.165, 1.54) is 11.8 Å². The van der Waals surface area contributed by atoms with Gasteiger partial charge >= 0.3 is 17.9 Å². The molecule has 3 unspecified atom stereocenters. The maximum atomic E-state index is 14.0. The van der Waals surface area contributed by atoms with Gasteiger partial charge in [0.25, 0.3) is 0 Å². The monoisotopic (exact) mass is 694 g/mol. The predicted octanol–water partition coefficient (Wildman–Crippen LogP) is -0.413. The fourth-order valence-corrected chi connectivity index (χ4v) is 6.80. The van der Waals surface area contributed by atoms with Crippen molar-refractivity contribution in [3.8, 4) is 0 Å². The highest BCUT2D eigenvalue weighted by Crippen LogP contribution is 2.37. The van der Waals surface area contributed by atoms with E-state index >= 15 is 0 Å². The fraction of sp³-hybridized carbons (Fsp3) is 0.731. The van der Waals surface area contributed by atoms with Gasteiger partial charge in [0, 0.05) is 31.1 Å². The number of thioether (sulfide) groups is 1. The molecule has 18 nitrogen and oxygen atoms in total. The number of hydrogen-bond acceptors (Lipinski definition) is 10. The quantitative estimate of drug-likeness (QED) is 0.0226. The van der Waals surface area contributed by atoms with Crippen LogP contribution in [0.1, 0.15) is 59.3 Å². The lowest BCUT2D eigenvalue weighted by Crippen LogP contribution is -2.48. The molecular formula is C26H51N10O8PS. The SMILES string of the molecule is CC(N)=NCCCCC(NP(=O)(CNCC(=O)NC(CSCCN=C(C)N)C(=O)O)NC(CCCCN=C(C)N)C(=O)O)C(=O)O. The van der Waals surface area contributed by atoms with Crippen LogP contribution in [0.4, 0.5) is 0 Å². The first-order valence-electron chi connectivity index (χ1n) is 14.8. The van der Waals surface area contributed by atoms with E-state index in [0.29, 0.717) is 68.6 Å². The van der Waals surface area contributed by atoms with Gasteiger partial charge in [0.1, 0.15) is 18.1 Å². The van der Waals surface area contributed by atoms with E-state index in [2.05, 4.69) is 35.8 Å². The van der Waals surface area contributed by atoms with Crippen molar-refractivity contribution in [3.05, 3.63) is 0 Å². The molecule has 0 aliphatic heterocycles. The smallest absolute Gasteiger partial charge is 0.327 e. The number of amides is 1. The van der Waals surface area contributed by atoms with Crippen LogP contribution in [0.25, 0.3) is 0 Å². The zero-order valence-electron chi connectivity index (χ0n) is 26.7. The minimum atomic E-state index is -4.02. The summed E-state index contributed by atoms with van der Waals surface area (Å²) in [6, 6.07) is -3.83. The molecule has 1 amide bonds. The van der Waals surface area contributed by atoms with E-state index in [1.54, 1.807) is 20.8 Å². The average molecular weight is 695 g/mol. The van der Waals surface area contributed by atoms with E-state index in [1.807, 2.05) is 0 Å². The molecule has 0 aliphatic carbocycles. The lowest BCUT2D eigenvalue weighted by Gasteiger charge is -2.28. The number of carbonyl (C=O) groups is 4. The minimum Gasteiger partial charge on any atom is -0.480 e. The molecule has 20 heteroatoms. The molecule has 0 bridgehead atoms. The van der Waals surface area contributed by atoms with E-state index in [0.717, 1.165) is 0 Å². The van der Waals surface area contributed by atoms with Crippen LogP contribution in [-0.4, -0.2) is 119 Å². The lowest BCUT2D eigenvalue weighted by molar-refractivity contribution is -0.141. The third-order valence-corrected chi connectivity index (χ3v) is 9.15. The zero-order valence-corrected chi connectivity index (χ0v) is 28.4. The number of carboxylic acids is 3. The van der Waals surface area contributed by atoms with Gasteiger partial charge in [-0.2, -0.15) is 11.8 Å². The zero-order chi connectivity index (χ0) is 35.1. The van der Waals surface area contributed by atoms with Gasteiger partial charge in [-0.25, -0.2) is 15.0 Å². The molecule has 13 N–H and O–H groups in total. The number of amidine groups is 3. The largest absolute Gasteiger partial charge is 0.480 e. The summed E-state index contributed by atoms with van der Waals surface area (Å²) in [5.74, 6) is -2.82. The summed E-state index contributed by atoms with van der Waals surface area (Å²) < 4.78 is 14.0. The Labute approximate surface area is 273 Å². The Morgan fingerprint density at radius 3 is 1.57 bits per heavy atom. The molecule has 0 saturated carbocycles. The van der Waals surface area contributed by atoms with E-state index < -0.39 is 62.2 Å². The highest BCUT2D eigenvalue weighted by Gasteiger charge is 2.33. The molecule has 3 atom stereocenters. The summed E-state index contributed by atoms with van der Waals surface area (Å²) in [6.07, 6.45) is 1.43. The molecule has 0 rings (SSSR count). The predicted molar refractivity (Wildman–Crippen MR) is 181 cm³/mol. The van der Waals surface area contributed by atoms with E-state index in [-0.39, 0.29) is 18.6 Å². The molecule has 0 aromatic rings. The van der Waals surface area contributed by atoms with Gasteiger partial charge in [0.2, 0.25) is 13.4 Å². The average Bonchev–Trinajstić information content (AvgIpc) is 2.94. The molecular weight excluding hydrogens is 643 g/mol. The third kappa shape index (κ3) is 22.3. The maximum Gasteiger partial charge on any atom is 0.327 e. The standard InChI is InChI=1S/C26H51N10O8PS/c1-17(27)31-10-6-4-8-20(24(38)39)35-45(44,36-21(25(40)41)9-5-7-11-32-18(2)28)16-30-14-23(37)34-22(26(42)43)15-46-13-12-33-19(3)29/h20-22,30H,4-16H2,1-3H3,(H2,27,31)(H2,28,32)(H2,29,33)(H,34,37)(H,38,39)(H,40,41)(H,42,43)(H2,35,36,44). The summed E-state index contributed by atoms with van der Waals surface area (Å²) in [7, 11) is -4.02. The van der Waals surface area contributed by atoms with Crippen LogP contribution in [0.15, 0.2) is 15.0 Å². The van der Waals surface area contributed by atoms with Gasteiger partial charge in [-0.3, -0.25) is 39.2 Å². The fourth-order valence-electron chi connectivity index (χ4n) is 3.78. The van der Waals surface area contributed by atoms with Crippen molar-refractivity contribution in [2.75, 3.05) is 44.0 Å². The van der Waals surface area contributed by atoms with Crippen molar-refractivity contribution in [3.63, 3.8) is 0 Å². The molecule has 0 aromatic heterocycles. The number of unbranched alkanes of at least 4 members (excludes halogenated alkanes) is 2. The third-order valence-electron chi connectivity index (χ3n) is 5.98. The Hall–Kier alpha value is -3.25. The van der Waals surface area contributed by atoms with Gasteiger partial charge in [-0.05, 0) is 59.3 Å². The molecule has 0 radical (unpaired) electrons. The van der Waals surface area contributed by atoms with Crippen molar-refractivity contribution in [2.45, 2.75) is 77.4 Å². The number of hydrogen-bond donors (Lipinski definition) is 10. The Morgan fingerprint density at radius 1 is 0.717 bits per heavy atom. The Bertz CT molecular complexity index is 1060. The molecule has 264 valence electrons. The molecule has 0 aliphatic rings. The molecule has 0 fully saturated rings. The Balaban J connectivity index is 5.54. The highest BCUT2D eigenvalue weighted by molar-refractivity contribution is 7.99. The number of nitrogens with one attached hydrogen (secondary N) is 4. The summed E-state index contributed by atoms with van der Waals surface area (Å²) in [5.41, 5.74) is 16.5. The maximum absolute atomic E-state index is 14.0. The van der Waals surface area contributed by atoms with Crippen molar-refractivity contribution in [2.24, 2.45) is 32.2 Å². The summed E-state index contributed by atoms with van der Waals surface area (Å²) in [5, 5.41) is 39.3. The first-order valence-corrected chi connectivity index (χ1v) is 17.8. The molecule has 0 saturated heterocycles. The second-order valence-electron chi connectivity index (χ2n) is 10.5. The lowest BCUT2D eigenvalue weighted by atomic mass is 10.1. The Kier molecular flexibility index (Phi) is 22.3. The van der Waals surface area contributed by atoms with Gasteiger partial charge in [-0.1, -0.05) is 0 Å². The van der Waals surface area contributed by atoms with Crippen molar-refractivity contribution in [1.82, 2.24) is 20.8 Å². The van der Waals surface area contributed by atoms with Crippen LogP contribution in [0.5, 0.6) is 0 Å². The number of nitrogens with two attached hydrogens (primary N) is 3. The van der Waals surface area contributed by atoms with Crippen LogP contribution in [0, 0.1) is 0 Å². The van der Waals surface area contributed by atoms with Gasteiger partial charge in [-0.15, -0.1) is 0 Å². The minimum absolute atomic E-state index is 0.0585. The van der Waals surface area contributed by atoms with Crippen LogP contribution in [0.3, 0.4) is 0 Å². The topological polar surface area (TPSA) is 309 Å². The first kappa shape index (κ1) is 42.8. The highest BCUT2D eigenvalue weighted by atomic mass is 32.2. The number of aliphatic carboxylic acids is 3. The van der Waals surface area contributed by atoms with E-state index in [4.69, 9.17) is 17.2 Å².